The van der Waals surface area contributed by atoms with E-state index in [0.717, 1.165) is 38.5 Å². The molecule has 0 bridgehead atoms. The average Bonchev–Trinajstić information content (AvgIpc) is 3.35. The minimum atomic E-state index is -0.141. The van der Waals surface area contributed by atoms with Crippen molar-refractivity contribution in [2.75, 3.05) is 17.3 Å². The van der Waals surface area contributed by atoms with Crippen molar-refractivity contribution >= 4 is 44.9 Å². The fourth-order valence-corrected chi connectivity index (χ4v) is 4.61. The molecule has 0 radical (unpaired) electrons. The van der Waals surface area contributed by atoms with E-state index in [-0.39, 0.29) is 17.6 Å². The van der Waals surface area contributed by atoms with Crippen molar-refractivity contribution in [2.24, 2.45) is 0 Å². The molecule has 5 rings (SSSR count). The molecule has 0 saturated heterocycles. The number of rotatable bonds is 2. The number of aromatic amines is 1. The van der Waals surface area contributed by atoms with E-state index >= 15 is 0 Å². The van der Waals surface area contributed by atoms with Gasteiger partial charge in [0.05, 0.1) is 5.69 Å². The average molecular weight is 415 g/mol. The summed E-state index contributed by atoms with van der Waals surface area (Å²) in [5, 5.41) is 13.2. The summed E-state index contributed by atoms with van der Waals surface area (Å²) in [6, 6.07) is 17.1. The minimum Gasteiger partial charge on any atom is -0.507 e. The van der Waals surface area contributed by atoms with Crippen molar-refractivity contribution in [3.8, 4) is 17.6 Å². The number of phenolic OH excluding ortho intramolecular Hbond substituents is 1. The van der Waals surface area contributed by atoms with Gasteiger partial charge in [0, 0.05) is 46.3 Å². The molecule has 1 amide bonds. The smallest absolute Gasteiger partial charge is 0.274 e. The van der Waals surface area contributed by atoms with Gasteiger partial charge in [-0.1, -0.05) is 30.2 Å². The molecule has 0 spiro atoms. The number of halogens is 1. The molecular formula is C25H19ClN2O2. The summed E-state index contributed by atoms with van der Waals surface area (Å²) in [6.45, 7) is 2.28. The fraction of sp³-hybridized carbons (Fsp3) is 0.160. The SMILES string of the molecule is CC#Cc1ccc2[nH]c(C(=O)N3C[C@@H](CCl)c4c3cc(O)c3ccccc43)cc2c1. The Hall–Kier alpha value is -3.42. The summed E-state index contributed by atoms with van der Waals surface area (Å²) in [5.74, 6) is 6.36. The number of aromatic hydroxyl groups is 1. The maximum absolute atomic E-state index is 13.4. The Morgan fingerprint density at radius 3 is 2.77 bits per heavy atom. The highest BCUT2D eigenvalue weighted by Gasteiger charge is 2.35. The second kappa shape index (κ2) is 7.12. The zero-order chi connectivity index (χ0) is 20.8. The van der Waals surface area contributed by atoms with Crippen molar-refractivity contribution in [3.63, 3.8) is 0 Å². The van der Waals surface area contributed by atoms with Crippen LogP contribution in [0.1, 0.15) is 34.5 Å². The monoisotopic (exact) mass is 414 g/mol. The first-order valence-electron chi connectivity index (χ1n) is 9.78. The first-order valence-corrected chi connectivity index (χ1v) is 10.3. The number of nitrogens with one attached hydrogen (secondary N) is 1. The van der Waals surface area contributed by atoms with E-state index in [1.54, 1.807) is 17.9 Å². The maximum Gasteiger partial charge on any atom is 0.274 e. The summed E-state index contributed by atoms with van der Waals surface area (Å²) in [5.41, 5.74) is 4.03. The quantitative estimate of drug-likeness (QED) is 0.341. The number of benzene rings is 3. The topological polar surface area (TPSA) is 56.3 Å². The number of aromatic nitrogens is 1. The van der Waals surface area contributed by atoms with Crippen LogP contribution < -0.4 is 4.90 Å². The Morgan fingerprint density at radius 1 is 1.20 bits per heavy atom. The fourth-order valence-electron chi connectivity index (χ4n) is 4.36. The van der Waals surface area contributed by atoms with Crippen molar-refractivity contribution in [1.82, 2.24) is 4.98 Å². The molecule has 5 heteroatoms. The van der Waals surface area contributed by atoms with Crippen LogP contribution >= 0.6 is 11.6 Å². The predicted molar refractivity (Wildman–Crippen MR) is 122 cm³/mol. The molecule has 0 unspecified atom stereocenters. The molecular weight excluding hydrogens is 396 g/mol. The molecule has 3 aromatic carbocycles. The highest BCUT2D eigenvalue weighted by atomic mass is 35.5. The van der Waals surface area contributed by atoms with Gasteiger partial charge in [0.2, 0.25) is 0 Å². The molecule has 148 valence electrons. The lowest BCUT2D eigenvalue weighted by molar-refractivity contribution is 0.0984. The van der Waals surface area contributed by atoms with Gasteiger partial charge >= 0.3 is 0 Å². The number of phenols is 1. The van der Waals surface area contributed by atoms with Crippen molar-refractivity contribution in [2.45, 2.75) is 12.8 Å². The van der Waals surface area contributed by atoms with Crippen LogP contribution in [0.4, 0.5) is 5.69 Å². The number of nitrogens with zero attached hydrogens (tertiary/aromatic N) is 1. The normalized spacial score (nSPS) is 15.3. The van der Waals surface area contributed by atoms with Gasteiger partial charge < -0.3 is 15.0 Å². The van der Waals surface area contributed by atoms with Crippen molar-refractivity contribution < 1.29 is 9.90 Å². The maximum atomic E-state index is 13.4. The summed E-state index contributed by atoms with van der Waals surface area (Å²) >= 11 is 6.28. The lowest BCUT2D eigenvalue weighted by atomic mass is 9.95. The number of H-pyrrole nitrogens is 1. The Labute approximate surface area is 179 Å². The molecule has 0 fully saturated rings. The molecule has 1 aromatic heterocycles. The van der Waals surface area contributed by atoms with Crippen LogP contribution in [0.2, 0.25) is 0 Å². The number of anilines is 1. The molecule has 1 atom stereocenters. The van der Waals surface area contributed by atoms with Crippen LogP contribution in [0.25, 0.3) is 21.7 Å². The van der Waals surface area contributed by atoms with Gasteiger partial charge in [0.1, 0.15) is 11.4 Å². The highest BCUT2D eigenvalue weighted by Crippen LogP contribution is 2.45. The summed E-state index contributed by atoms with van der Waals surface area (Å²) in [7, 11) is 0. The van der Waals surface area contributed by atoms with E-state index in [2.05, 4.69) is 16.8 Å². The Balaban J connectivity index is 1.61. The molecule has 1 aliphatic heterocycles. The molecule has 4 aromatic rings. The van der Waals surface area contributed by atoms with E-state index in [1.807, 2.05) is 48.5 Å². The summed E-state index contributed by atoms with van der Waals surface area (Å²) in [4.78, 5) is 18.4. The van der Waals surface area contributed by atoms with Crippen LogP contribution in [-0.2, 0) is 0 Å². The number of hydrogen-bond donors (Lipinski definition) is 2. The van der Waals surface area contributed by atoms with Crippen LogP contribution in [-0.4, -0.2) is 28.4 Å². The zero-order valence-corrected chi connectivity index (χ0v) is 17.1. The molecule has 30 heavy (non-hydrogen) atoms. The summed E-state index contributed by atoms with van der Waals surface area (Å²) < 4.78 is 0. The van der Waals surface area contributed by atoms with E-state index in [4.69, 9.17) is 11.6 Å². The third-order valence-electron chi connectivity index (χ3n) is 5.70. The lowest BCUT2D eigenvalue weighted by Gasteiger charge is -2.17. The van der Waals surface area contributed by atoms with Gasteiger partial charge in [0.15, 0.2) is 0 Å². The lowest BCUT2D eigenvalue weighted by Crippen LogP contribution is -2.30. The number of carbonyl (C=O) groups is 1. The highest BCUT2D eigenvalue weighted by molar-refractivity contribution is 6.19. The van der Waals surface area contributed by atoms with Gasteiger partial charge in [0.25, 0.3) is 5.91 Å². The first-order chi connectivity index (χ1) is 14.6. The molecule has 2 heterocycles. The van der Waals surface area contributed by atoms with Gasteiger partial charge in [-0.05, 0) is 42.1 Å². The second-order valence-corrected chi connectivity index (χ2v) is 7.81. The van der Waals surface area contributed by atoms with E-state index < -0.39 is 0 Å². The largest absolute Gasteiger partial charge is 0.507 e. The van der Waals surface area contributed by atoms with Crippen LogP contribution in [0.3, 0.4) is 0 Å². The first kappa shape index (κ1) is 18.6. The predicted octanol–water partition coefficient (Wildman–Crippen LogP) is 5.38. The van der Waals surface area contributed by atoms with Gasteiger partial charge in [-0.25, -0.2) is 0 Å². The Bertz CT molecular complexity index is 1380. The van der Waals surface area contributed by atoms with E-state index in [9.17, 15) is 9.90 Å². The molecule has 0 saturated carbocycles. The Morgan fingerprint density at radius 2 is 2.00 bits per heavy atom. The van der Waals surface area contributed by atoms with Gasteiger partial charge in [-0.2, -0.15) is 0 Å². The number of fused-ring (bicyclic) bond motifs is 4. The third-order valence-corrected chi connectivity index (χ3v) is 6.07. The third kappa shape index (κ3) is 2.82. The minimum absolute atomic E-state index is 0.00641. The van der Waals surface area contributed by atoms with Gasteiger partial charge in [-0.3, -0.25) is 4.79 Å². The summed E-state index contributed by atoms with van der Waals surface area (Å²) in [6.07, 6.45) is 0. The molecule has 2 N–H and O–H groups in total. The van der Waals surface area contributed by atoms with Crippen molar-refractivity contribution in [1.29, 1.82) is 0 Å². The number of hydrogen-bond acceptors (Lipinski definition) is 2. The molecule has 1 aliphatic rings. The van der Waals surface area contributed by atoms with Gasteiger partial charge in [-0.15, -0.1) is 17.5 Å². The van der Waals surface area contributed by atoms with Crippen LogP contribution in [0.5, 0.6) is 5.75 Å². The Kier molecular flexibility index (Phi) is 4.42. The molecule has 4 nitrogen and oxygen atoms in total. The van der Waals surface area contributed by atoms with Crippen LogP contribution in [0.15, 0.2) is 54.6 Å². The molecule has 0 aliphatic carbocycles. The number of amides is 1. The number of carbonyl (C=O) groups excluding carboxylic acids is 1. The van der Waals surface area contributed by atoms with Crippen LogP contribution in [0, 0.1) is 11.8 Å². The van der Waals surface area contributed by atoms with E-state index in [0.29, 0.717) is 18.1 Å². The standard InChI is InChI=1S/C25H19ClN2O2/c1-2-5-15-8-9-20-16(10-15)11-21(27-20)25(30)28-14-17(13-26)24-19-7-4-3-6-18(19)23(29)12-22(24)28/h3-4,6-12,17,27,29H,13-14H2,1H3/t17-/m1/s1. The van der Waals surface area contributed by atoms with E-state index in [1.165, 1.54) is 0 Å². The number of alkyl halides is 1. The van der Waals surface area contributed by atoms with Crippen molar-refractivity contribution in [3.05, 3.63) is 71.4 Å². The second-order valence-electron chi connectivity index (χ2n) is 7.50. The zero-order valence-electron chi connectivity index (χ0n) is 16.4.